The lowest BCUT2D eigenvalue weighted by Crippen LogP contribution is -2.54. The predicted octanol–water partition coefficient (Wildman–Crippen LogP) is 2.57. The number of hydrogen-bond acceptors (Lipinski definition) is 5. The van der Waals surface area contributed by atoms with E-state index < -0.39 is 5.54 Å². The maximum atomic E-state index is 12.4. The third-order valence-corrected chi connectivity index (χ3v) is 5.81. The van der Waals surface area contributed by atoms with E-state index in [1.54, 1.807) is 0 Å². The van der Waals surface area contributed by atoms with Crippen LogP contribution in [-0.4, -0.2) is 60.7 Å². The van der Waals surface area contributed by atoms with Crippen LogP contribution in [0.25, 0.3) is 0 Å². The van der Waals surface area contributed by atoms with Crippen LogP contribution < -0.4 is 11.1 Å². The number of nitrogens with one attached hydrogen (secondary N) is 1. The molecular formula is C18H29Cl2N3O2S. The van der Waals surface area contributed by atoms with Crippen molar-refractivity contribution in [2.75, 3.05) is 49.7 Å². The minimum atomic E-state index is -0.802. The zero-order valence-electron chi connectivity index (χ0n) is 14.9. The van der Waals surface area contributed by atoms with Gasteiger partial charge in [-0.15, -0.1) is 24.8 Å². The van der Waals surface area contributed by atoms with Crippen LogP contribution in [0.15, 0.2) is 24.3 Å². The first-order valence-corrected chi connectivity index (χ1v) is 9.88. The van der Waals surface area contributed by atoms with Gasteiger partial charge in [-0.3, -0.25) is 4.79 Å². The molecule has 2 aliphatic heterocycles. The number of benzene rings is 1. The molecule has 3 rings (SSSR count). The molecule has 1 aromatic carbocycles. The minimum Gasteiger partial charge on any atom is -0.381 e. The molecule has 0 spiro atoms. The van der Waals surface area contributed by atoms with E-state index in [-0.39, 0.29) is 30.7 Å². The SMILES string of the molecule is Cl.Cl.NC1(C(=O)Nc2ccc(CCN3CCSCC3)cc2)CCOCC1. The third kappa shape index (κ3) is 6.59. The van der Waals surface area contributed by atoms with Crippen molar-refractivity contribution in [1.29, 1.82) is 0 Å². The van der Waals surface area contributed by atoms with Crippen molar-refractivity contribution in [1.82, 2.24) is 4.90 Å². The Morgan fingerprint density at radius 1 is 1.15 bits per heavy atom. The Bertz CT molecular complexity index is 548. The minimum absolute atomic E-state index is 0. The molecule has 0 atom stereocenters. The van der Waals surface area contributed by atoms with E-state index in [2.05, 4.69) is 22.3 Å². The summed E-state index contributed by atoms with van der Waals surface area (Å²) >= 11 is 2.04. The van der Waals surface area contributed by atoms with E-state index in [0.717, 1.165) is 18.7 Å². The summed E-state index contributed by atoms with van der Waals surface area (Å²) in [5, 5.41) is 2.95. The third-order valence-electron chi connectivity index (χ3n) is 4.87. The number of nitrogens with zero attached hydrogens (tertiary/aromatic N) is 1. The highest BCUT2D eigenvalue weighted by atomic mass is 35.5. The van der Waals surface area contributed by atoms with Gasteiger partial charge in [0.1, 0.15) is 5.54 Å². The smallest absolute Gasteiger partial charge is 0.244 e. The van der Waals surface area contributed by atoms with Crippen LogP contribution >= 0.6 is 36.6 Å². The second-order valence-electron chi connectivity index (χ2n) is 6.62. The van der Waals surface area contributed by atoms with Crippen LogP contribution in [0.5, 0.6) is 0 Å². The monoisotopic (exact) mass is 421 g/mol. The normalized spacial score (nSPS) is 19.7. The Morgan fingerprint density at radius 2 is 1.77 bits per heavy atom. The standard InChI is InChI=1S/C18H27N3O2S.2ClH/c19-18(6-11-23-12-7-18)17(22)20-16-3-1-15(2-4-16)5-8-21-9-13-24-14-10-21;;/h1-4H,5-14,19H2,(H,20,22);2*1H. The van der Waals surface area contributed by atoms with Crippen LogP contribution in [0.4, 0.5) is 5.69 Å². The maximum absolute atomic E-state index is 12.4. The summed E-state index contributed by atoms with van der Waals surface area (Å²) in [6, 6.07) is 8.15. The topological polar surface area (TPSA) is 67.6 Å². The Kier molecular flexibility index (Phi) is 10.3. The molecule has 2 heterocycles. The van der Waals surface area contributed by atoms with Crippen molar-refractivity contribution >= 4 is 48.2 Å². The van der Waals surface area contributed by atoms with E-state index in [4.69, 9.17) is 10.5 Å². The zero-order valence-corrected chi connectivity index (χ0v) is 17.4. The van der Waals surface area contributed by atoms with Crippen LogP contribution in [0, 0.1) is 0 Å². The molecule has 148 valence electrons. The summed E-state index contributed by atoms with van der Waals surface area (Å²) in [6.45, 7) is 4.61. The largest absolute Gasteiger partial charge is 0.381 e. The van der Waals surface area contributed by atoms with Crippen LogP contribution in [0.2, 0.25) is 0 Å². The van der Waals surface area contributed by atoms with Crippen molar-refractivity contribution in [3.63, 3.8) is 0 Å². The molecule has 1 amide bonds. The highest BCUT2D eigenvalue weighted by Gasteiger charge is 2.35. The molecule has 8 heteroatoms. The molecule has 3 N–H and O–H groups in total. The van der Waals surface area contributed by atoms with Gasteiger partial charge < -0.3 is 20.7 Å². The second-order valence-corrected chi connectivity index (χ2v) is 7.85. The number of rotatable bonds is 5. The van der Waals surface area contributed by atoms with Gasteiger partial charge in [0.2, 0.25) is 5.91 Å². The van der Waals surface area contributed by atoms with Crippen molar-refractivity contribution in [2.45, 2.75) is 24.8 Å². The van der Waals surface area contributed by atoms with Gasteiger partial charge in [-0.2, -0.15) is 11.8 Å². The quantitative estimate of drug-likeness (QED) is 0.764. The Hall–Kier alpha value is -0.500. The van der Waals surface area contributed by atoms with Crippen molar-refractivity contribution in [2.24, 2.45) is 5.73 Å². The van der Waals surface area contributed by atoms with E-state index in [9.17, 15) is 4.79 Å². The molecule has 0 unspecified atom stereocenters. The lowest BCUT2D eigenvalue weighted by Gasteiger charge is -2.31. The van der Waals surface area contributed by atoms with Gasteiger partial charge in [0.25, 0.3) is 0 Å². The fourth-order valence-corrected chi connectivity index (χ4v) is 4.06. The summed E-state index contributed by atoms with van der Waals surface area (Å²) in [5.74, 6) is 2.39. The number of amides is 1. The number of carbonyl (C=O) groups is 1. The van der Waals surface area contributed by atoms with Crippen LogP contribution in [0.3, 0.4) is 0 Å². The highest BCUT2D eigenvalue weighted by molar-refractivity contribution is 7.99. The van der Waals surface area contributed by atoms with E-state index in [0.29, 0.717) is 26.1 Å². The van der Waals surface area contributed by atoms with E-state index >= 15 is 0 Å². The van der Waals surface area contributed by atoms with Gasteiger partial charge in [0.05, 0.1) is 0 Å². The lowest BCUT2D eigenvalue weighted by molar-refractivity contribution is -0.124. The van der Waals surface area contributed by atoms with Crippen molar-refractivity contribution in [3.8, 4) is 0 Å². The van der Waals surface area contributed by atoms with Gasteiger partial charge in [-0.25, -0.2) is 0 Å². The maximum Gasteiger partial charge on any atom is 0.244 e. The van der Waals surface area contributed by atoms with Gasteiger partial charge >= 0.3 is 0 Å². The predicted molar refractivity (Wildman–Crippen MR) is 114 cm³/mol. The van der Waals surface area contributed by atoms with Gasteiger partial charge in [0.15, 0.2) is 0 Å². The summed E-state index contributed by atoms with van der Waals surface area (Å²) in [7, 11) is 0. The first kappa shape index (κ1) is 23.5. The fourth-order valence-electron chi connectivity index (χ4n) is 3.09. The van der Waals surface area contributed by atoms with Crippen molar-refractivity contribution < 1.29 is 9.53 Å². The number of hydrogen-bond donors (Lipinski definition) is 2. The highest BCUT2D eigenvalue weighted by Crippen LogP contribution is 2.20. The molecule has 2 aliphatic rings. The summed E-state index contributed by atoms with van der Waals surface area (Å²) in [6.07, 6.45) is 2.20. The first-order valence-electron chi connectivity index (χ1n) is 8.73. The summed E-state index contributed by atoms with van der Waals surface area (Å²) in [4.78, 5) is 14.9. The molecule has 5 nitrogen and oxygen atoms in total. The van der Waals surface area contributed by atoms with Gasteiger partial charge in [-0.05, 0) is 37.0 Å². The molecule has 0 aliphatic carbocycles. The number of ether oxygens (including phenoxy) is 1. The fraction of sp³-hybridized carbons (Fsp3) is 0.611. The average Bonchev–Trinajstić information content (AvgIpc) is 2.62. The zero-order chi connectivity index (χ0) is 16.8. The van der Waals surface area contributed by atoms with Crippen LogP contribution in [0.1, 0.15) is 18.4 Å². The molecular weight excluding hydrogens is 393 g/mol. The Balaban J connectivity index is 0.00000169. The molecule has 0 radical (unpaired) electrons. The number of thioether (sulfide) groups is 1. The number of halogens is 2. The summed E-state index contributed by atoms with van der Waals surface area (Å²) in [5.41, 5.74) is 7.53. The van der Waals surface area contributed by atoms with Gasteiger partial charge in [0, 0.05) is 50.0 Å². The van der Waals surface area contributed by atoms with E-state index in [1.807, 2.05) is 23.9 Å². The molecule has 1 aromatic rings. The van der Waals surface area contributed by atoms with Gasteiger partial charge in [-0.1, -0.05) is 12.1 Å². The Morgan fingerprint density at radius 3 is 2.38 bits per heavy atom. The van der Waals surface area contributed by atoms with Crippen LogP contribution in [-0.2, 0) is 16.0 Å². The Labute approximate surface area is 172 Å². The summed E-state index contributed by atoms with van der Waals surface area (Å²) < 4.78 is 5.29. The number of nitrogens with two attached hydrogens (primary N) is 1. The molecule has 2 fully saturated rings. The lowest BCUT2D eigenvalue weighted by atomic mass is 9.90. The molecule has 0 bridgehead atoms. The number of anilines is 1. The first-order chi connectivity index (χ1) is 11.7. The molecule has 26 heavy (non-hydrogen) atoms. The second kappa shape index (κ2) is 11.4. The molecule has 2 saturated heterocycles. The average molecular weight is 422 g/mol. The number of carbonyl (C=O) groups excluding carboxylic acids is 1. The van der Waals surface area contributed by atoms with Crippen molar-refractivity contribution in [3.05, 3.63) is 29.8 Å². The molecule has 0 aromatic heterocycles. The van der Waals surface area contributed by atoms with E-state index in [1.165, 1.54) is 30.2 Å². The molecule has 0 saturated carbocycles.